The molecule has 0 bridgehead atoms. The molecule has 6 rings (SSSR count). The first-order valence-electron chi connectivity index (χ1n) is 15.3. The molecular formula is C34H40N4O5. The molecule has 2 amide bonds. The number of benzene rings is 2. The predicted octanol–water partition coefficient (Wildman–Crippen LogP) is 5.75. The highest BCUT2D eigenvalue weighted by molar-refractivity contribution is 5.87. The molecule has 3 saturated heterocycles. The second-order valence-electron chi connectivity index (χ2n) is 11.9. The topological polar surface area (TPSA) is 95.4 Å². The number of hydrogen-bond acceptors (Lipinski definition) is 6. The maximum atomic E-state index is 13.8. The van der Waals surface area contributed by atoms with Crippen molar-refractivity contribution in [2.75, 3.05) is 39.4 Å². The van der Waals surface area contributed by atoms with Crippen molar-refractivity contribution in [3.05, 3.63) is 89.1 Å². The Labute approximate surface area is 253 Å². The third-order valence-corrected chi connectivity index (χ3v) is 9.06. The maximum Gasteiger partial charge on any atom is 0.335 e. The van der Waals surface area contributed by atoms with Crippen LogP contribution in [0, 0.1) is 12.8 Å². The Bertz CT molecular complexity index is 1400. The minimum absolute atomic E-state index is 0.0874. The zero-order valence-electron chi connectivity index (χ0n) is 24.7. The minimum atomic E-state index is -0.968. The van der Waals surface area contributed by atoms with Crippen molar-refractivity contribution in [2.24, 2.45) is 5.92 Å². The Morgan fingerprint density at radius 1 is 0.977 bits per heavy atom. The van der Waals surface area contributed by atoms with E-state index in [0.717, 1.165) is 82.9 Å². The molecule has 3 aliphatic heterocycles. The lowest BCUT2D eigenvalue weighted by molar-refractivity contribution is 0.0574. The van der Waals surface area contributed by atoms with Crippen LogP contribution in [0.15, 0.2) is 66.7 Å². The molecule has 3 fully saturated rings. The number of piperidine rings is 1. The van der Waals surface area contributed by atoms with E-state index in [1.807, 2.05) is 19.1 Å². The number of rotatable bonds is 9. The zero-order valence-corrected chi connectivity index (χ0v) is 24.7. The lowest BCUT2D eigenvalue weighted by Gasteiger charge is -2.39. The number of pyridine rings is 1. The molecule has 0 spiro atoms. The number of aromatic nitrogens is 1. The number of aromatic carboxylic acids is 1. The Balaban J connectivity index is 1.07. The quantitative estimate of drug-likeness (QED) is 0.342. The summed E-state index contributed by atoms with van der Waals surface area (Å²) in [6, 6.07) is 21.2. The molecule has 9 nitrogen and oxygen atoms in total. The van der Waals surface area contributed by atoms with Crippen LogP contribution in [0.1, 0.15) is 58.9 Å². The molecule has 226 valence electrons. The van der Waals surface area contributed by atoms with E-state index in [1.165, 1.54) is 17.7 Å². The summed E-state index contributed by atoms with van der Waals surface area (Å²) in [6.45, 7) is 7.79. The van der Waals surface area contributed by atoms with E-state index >= 15 is 0 Å². The van der Waals surface area contributed by atoms with Crippen molar-refractivity contribution in [1.82, 2.24) is 19.7 Å². The van der Waals surface area contributed by atoms with Crippen molar-refractivity contribution < 1.29 is 24.2 Å². The highest BCUT2D eigenvalue weighted by atomic mass is 16.5. The molecule has 0 saturated carbocycles. The van der Waals surface area contributed by atoms with Gasteiger partial charge in [0.1, 0.15) is 5.75 Å². The fourth-order valence-electron chi connectivity index (χ4n) is 6.59. The van der Waals surface area contributed by atoms with Crippen molar-refractivity contribution >= 4 is 12.0 Å². The van der Waals surface area contributed by atoms with Crippen molar-refractivity contribution in [3.8, 4) is 11.6 Å². The normalized spacial score (nSPS) is 20.5. The number of aryl methyl sites for hydroxylation is 1. The van der Waals surface area contributed by atoms with Gasteiger partial charge in [0.2, 0.25) is 5.88 Å². The Morgan fingerprint density at radius 2 is 1.70 bits per heavy atom. The number of hydrogen-bond donors (Lipinski definition) is 1. The van der Waals surface area contributed by atoms with Gasteiger partial charge in [-0.15, -0.1) is 0 Å². The molecule has 3 aliphatic rings. The average molecular weight is 585 g/mol. The van der Waals surface area contributed by atoms with Gasteiger partial charge in [-0.3, -0.25) is 4.90 Å². The molecule has 3 aromatic rings. The van der Waals surface area contributed by atoms with Gasteiger partial charge in [-0.05, 0) is 73.9 Å². The van der Waals surface area contributed by atoms with Crippen LogP contribution in [0.3, 0.4) is 0 Å². The maximum absolute atomic E-state index is 13.8. The summed E-state index contributed by atoms with van der Waals surface area (Å²) < 4.78 is 11.4. The van der Waals surface area contributed by atoms with Crippen molar-refractivity contribution in [2.45, 2.75) is 51.2 Å². The van der Waals surface area contributed by atoms with Crippen LogP contribution in [0.4, 0.5) is 4.79 Å². The van der Waals surface area contributed by atoms with Gasteiger partial charge in [0.25, 0.3) is 0 Å². The zero-order chi connectivity index (χ0) is 29.8. The standard InChI is InChI=1S/C34H40N4O5/c1-24-28(9-12-32(35-24)43-30-10-7-27(8-11-30)33(39)40)22-36-17-13-29(14-18-36)38-31(26-5-3-2-4-6-26)23-37(34(38)41)21-25-15-19-42-20-16-25/h2-12,25,29,31H,13-23H2,1H3,(H,39,40). The predicted molar refractivity (Wildman–Crippen MR) is 162 cm³/mol. The highest BCUT2D eigenvalue weighted by Crippen LogP contribution is 2.36. The molecule has 1 atom stereocenters. The number of urea groups is 1. The fraction of sp³-hybridized carbons (Fsp3) is 0.441. The van der Waals surface area contributed by atoms with Crippen molar-refractivity contribution in [1.29, 1.82) is 0 Å². The van der Waals surface area contributed by atoms with Gasteiger partial charge in [-0.2, -0.15) is 0 Å². The molecule has 9 heteroatoms. The largest absolute Gasteiger partial charge is 0.478 e. The number of nitrogens with zero attached hydrogens (tertiary/aromatic N) is 4. The smallest absolute Gasteiger partial charge is 0.335 e. The van der Waals surface area contributed by atoms with Gasteiger partial charge >= 0.3 is 12.0 Å². The fourth-order valence-corrected chi connectivity index (χ4v) is 6.59. The summed E-state index contributed by atoms with van der Waals surface area (Å²) in [5, 5.41) is 9.09. The summed E-state index contributed by atoms with van der Waals surface area (Å²) in [7, 11) is 0. The van der Waals surface area contributed by atoms with Gasteiger partial charge in [-0.25, -0.2) is 14.6 Å². The van der Waals surface area contributed by atoms with Crippen LogP contribution in [0.25, 0.3) is 0 Å². The molecule has 0 aliphatic carbocycles. The Morgan fingerprint density at radius 3 is 2.37 bits per heavy atom. The number of amides is 2. The van der Waals surface area contributed by atoms with Gasteiger partial charge in [0.05, 0.1) is 11.6 Å². The third-order valence-electron chi connectivity index (χ3n) is 9.06. The van der Waals surface area contributed by atoms with Crippen LogP contribution in [0.2, 0.25) is 0 Å². The van der Waals surface area contributed by atoms with Gasteiger partial charge in [0.15, 0.2) is 0 Å². The van der Waals surface area contributed by atoms with Crippen LogP contribution in [0.5, 0.6) is 11.6 Å². The lowest BCUT2D eigenvalue weighted by atomic mass is 9.98. The van der Waals surface area contributed by atoms with E-state index in [9.17, 15) is 9.59 Å². The Kier molecular flexibility index (Phi) is 8.90. The monoisotopic (exact) mass is 584 g/mol. The molecule has 4 heterocycles. The second kappa shape index (κ2) is 13.1. The van der Waals surface area contributed by atoms with E-state index in [-0.39, 0.29) is 23.7 Å². The summed E-state index contributed by atoms with van der Waals surface area (Å²) in [5.41, 5.74) is 3.49. The number of ether oxygens (including phenoxy) is 2. The van der Waals surface area contributed by atoms with E-state index in [4.69, 9.17) is 14.6 Å². The highest BCUT2D eigenvalue weighted by Gasteiger charge is 2.43. The van der Waals surface area contributed by atoms with E-state index < -0.39 is 5.97 Å². The van der Waals surface area contributed by atoms with Gasteiger partial charge in [-0.1, -0.05) is 36.4 Å². The van der Waals surface area contributed by atoms with Gasteiger partial charge < -0.3 is 24.4 Å². The number of carboxylic acids is 1. The molecular weight excluding hydrogens is 544 g/mol. The Hall–Kier alpha value is -3.95. The molecule has 1 unspecified atom stereocenters. The number of carbonyl (C=O) groups excluding carboxylic acids is 1. The van der Waals surface area contributed by atoms with Crippen LogP contribution in [-0.4, -0.2) is 82.2 Å². The van der Waals surface area contributed by atoms with Crippen LogP contribution in [-0.2, 0) is 11.3 Å². The summed E-state index contributed by atoms with van der Waals surface area (Å²) in [6.07, 6.45) is 3.94. The molecule has 2 aromatic carbocycles. The summed E-state index contributed by atoms with van der Waals surface area (Å²) in [4.78, 5) is 36.3. The summed E-state index contributed by atoms with van der Waals surface area (Å²) >= 11 is 0. The summed E-state index contributed by atoms with van der Waals surface area (Å²) in [5.74, 6) is 0.572. The molecule has 1 N–H and O–H groups in total. The van der Waals surface area contributed by atoms with Crippen LogP contribution >= 0.6 is 0 Å². The third kappa shape index (κ3) is 6.84. The first-order valence-corrected chi connectivity index (χ1v) is 15.3. The second-order valence-corrected chi connectivity index (χ2v) is 11.9. The first kappa shape index (κ1) is 29.1. The minimum Gasteiger partial charge on any atom is -0.478 e. The number of carbonyl (C=O) groups is 2. The van der Waals surface area contributed by atoms with Gasteiger partial charge in [0, 0.05) is 63.7 Å². The van der Waals surface area contributed by atoms with E-state index in [1.54, 1.807) is 12.1 Å². The van der Waals surface area contributed by atoms with Crippen molar-refractivity contribution in [3.63, 3.8) is 0 Å². The molecule has 0 radical (unpaired) electrons. The van der Waals surface area contributed by atoms with Crippen LogP contribution < -0.4 is 4.74 Å². The molecule has 43 heavy (non-hydrogen) atoms. The lowest BCUT2D eigenvalue weighted by Crippen LogP contribution is -2.47. The number of likely N-dealkylation sites (tertiary alicyclic amines) is 1. The average Bonchev–Trinajstić information content (AvgIpc) is 3.35. The molecule has 1 aromatic heterocycles. The SMILES string of the molecule is Cc1nc(Oc2ccc(C(=O)O)cc2)ccc1CN1CCC(N2C(=O)N(CC3CCOCC3)CC2c2ccccc2)CC1. The first-order chi connectivity index (χ1) is 20.9. The number of carboxylic acid groups (broad SMARTS) is 1. The van der Waals surface area contributed by atoms with E-state index in [0.29, 0.717) is 17.5 Å². The van der Waals surface area contributed by atoms with E-state index in [2.05, 4.69) is 50.0 Å².